The summed E-state index contributed by atoms with van der Waals surface area (Å²) in [6, 6.07) is 6.94. The molecule has 0 aliphatic heterocycles. The van der Waals surface area contributed by atoms with Gasteiger partial charge in [-0.1, -0.05) is 26.0 Å². The van der Waals surface area contributed by atoms with E-state index < -0.39 is 0 Å². The molecule has 1 aromatic carbocycles. The van der Waals surface area contributed by atoms with E-state index in [1.54, 1.807) is 0 Å². The molecule has 0 saturated heterocycles. The van der Waals surface area contributed by atoms with Gasteiger partial charge in [0.1, 0.15) is 0 Å². The van der Waals surface area contributed by atoms with E-state index in [0.29, 0.717) is 6.04 Å². The average molecular weight is 234 g/mol. The van der Waals surface area contributed by atoms with Crippen molar-refractivity contribution in [2.45, 2.75) is 46.7 Å². The molecule has 0 aromatic heterocycles. The fourth-order valence-electron chi connectivity index (χ4n) is 2.14. The number of nitrogens with zero attached hydrogens (tertiary/aromatic N) is 1. The lowest BCUT2D eigenvalue weighted by molar-refractivity contribution is 0.220. The summed E-state index contributed by atoms with van der Waals surface area (Å²) in [5, 5.41) is 0. The number of aryl methyl sites for hydroxylation is 1. The molecule has 1 aromatic rings. The van der Waals surface area contributed by atoms with Crippen molar-refractivity contribution in [2.75, 3.05) is 12.8 Å². The molecule has 0 saturated carbocycles. The smallest absolute Gasteiger partial charge is 0.0343 e. The minimum Gasteiger partial charge on any atom is -0.399 e. The maximum absolute atomic E-state index is 5.83. The Kier molecular flexibility index (Phi) is 5.01. The third kappa shape index (κ3) is 4.39. The van der Waals surface area contributed by atoms with Crippen LogP contribution in [0.2, 0.25) is 0 Å². The summed E-state index contributed by atoms with van der Waals surface area (Å²) in [5.74, 6) is 0.751. The minimum absolute atomic E-state index is 0.618. The van der Waals surface area contributed by atoms with E-state index >= 15 is 0 Å². The van der Waals surface area contributed by atoms with E-state index in [2.05, 4.69) is 51.8 Å². The molecule has 2 heteroatoms. The van der Waals surface area contributed by atoms with Gasteiger partial charge in [-0.2, -0.15) is 0 Å². The molecule has 0 fully saturated rings. The highest BCUT2D eigenvalue weighted by molar-refractivity contribution is 5.47. The van der Waals surface area contributed by atoms with Gasteiger partial charge in [0.2, 0.25) is 0 Å². The van der Waals surface area contributed by atoms with Gasteiger partial charge in [-0.25, -0.2) is 0 Å². The molecule has 1 atom stereocenters. The second-order valence-electron chi connectivity index (χ2n) is 5.58. The second-order valence-corrected chi connectivity index (χ2v) is 5.58. The lowest BCUT2D eigenvalue weighted by Gasteiger charge is -2.26. The summed E-state index contributed by atoms with van der Waals surface area (Å²) in [7, 11) is 2.19. The Morgan fingerprint density at radius 2 is 1.88 bits per heavy atom. The molecule has 0 bridgehead atoms. The van der Waals surface area contributed by atoms with Gasteiger partial charge in [0.25, 0.3) is 0 Å². The summed E-state index contributed by atoms with van der Waals surface area (Å²) >= 11 is 0. The van der Waals surface area contributed by atoms with Crippen LogP contribution in [0.5, 0.6) is 0 Å². The number of anilines is 1. The van der Waals surface area contributed by atoms with E-state index in [1.165, 1.54) is 17.5 Å². The Balaban J connectivity index is 2.61. The first-order chi connectivity index (χ1) is 7.90. The quantitative estimate of drug-likeness (QED) is 0.791. The van der Waals surface area contributed by atoms with Gasteiger partial charge in [0, 0.05) is 18.3 Å². The lowest BCUT2D eigenvalue weighted by atomic mass is 10.0. The second kappa shape index (κ2) is 6.06. The van der Waals surface area contributed by atoms with Gasteiger partial charge in [-0.15, -0.1) is 0 Å². The zero-order valence-corrected chi connectivity index (χ0v) is 11.8. The number of rotatable bonds is 5. The molecule has 1 unspecified atom stereocenters. The number of hydrogen-bond acceptors (Lipinski definition) is 2. The van der Waals surface area contributed by atoms with Crippen LogP contribution in [0.25, 0.3) is 0 Å². The number of hydrogen-bond donors (Lipinski definition) is 1. The largest absolute Gasteiger partial charge is 0.399 e. The van der Waals surface area contributed by atoms with Crippen molar-refractivity contribution >= 4 is 5.69 Å². The van der Waals surface area contributed by atoms with E-state index in [4.69, 9.17) is 5.73 Å². The molecule has 2 N–H and O–H groups in total. The molecule has 0 heterocycles. The fraction of sp³-hybridized carbons (Fsp3) is 0.600. The molecular formula is C15H26N2. The lowest BCUT2D eigenvalue weighted by Crippen LogP contribution is -2.29. The summed E-state index contributed by atoms with van der Waals surface area (Å²) in [6.45, 7) is 9.91. The summed E-state index contributed by atoms with van der Waals surface area (Å²) in [5.41, 5.74) is 9.23. The van der Waals surface area contributed by atoms with Crippen LogP contribution in [0.3, 0.4) is 0 Å². The van der Waals surface area contributed by atoms with Crippen LogP contribution in [-0.2, 0) is 6.54 Å². The molecule has 0 spiro atoms. The predicted molar refractivity (Wildman–Crippen MR) is 76.0 cm³/mol. The topological polar surface area (TPSA) is 29.3 Å². The Morgan fingerprint density at radius 3 is 2.41 bits per heavy atom. The molecule has 0 radical (unpaired) electrons. The van der Waals surface area contributed by atoms with E-state index in [9.17, 15) is 0 Å². The highest BCUT2D eigenvalue weighted by Crippen LogP contribution is 2.16. The molecule has 0 aliphatic rings. The van der Waals surface area contributed by atoms with Crippen molar-refractivity contribution < 1.29 is 0 Å². The third-order valence-electron chi connectivity index (χ3n) is 3.33. The maximum atomic E-state index is 5.83. The van der Waals surface area contributed by atoms with Gasteiger partial charge in [0.15, 0.2) is 0 Å². The van der Waals surface area contributed by atoms with Crippen LogP contribution in [0.15, 0.2) is 18.2 Å². The fourth-order valence-corrected chi connectivity index (χ4v) is 2.14. The van der Waals surface area contributed by atoms with Crippen molar-refractivity contribution in [3.63, 3.8) is 0 Å². The van der Waals surface area contributed by atoms with Gasteiger partial charge < -0.3 is 5.73 Å². The Morgan fingerprint density at radius 1 is 1.24 bits per heavy atom. The van der Waals surface area contributed by atoms with Crippen LogP contribution in [-0.4, -0.2) is 18.0 Å². The first-order valence-electron chi connectivity index (χ1n) is 6.45. The van der Waals surface area contributed by atoms with Gasteiger partial charge in [-0.3, -0.25) is 4.90 Å². The average Bonchev–Trinajstić information content (AvgIpc) is 2.22. The van der Waals surface area contributed by atoms with E-state index in [-0.39, 0.29) is 0 Å². The van der Waals surface area contributed by atoms with Gasteiger partial charge in [0.05, 0.1) is 0 Å². The molecular weight excluding hydrogens is 208 g/mol. The van der Waals surface area contributed by atoms with Crippen molar-refractivity contribution in [3.8, 4) is 0 Å². The van der Waals surface area contributed by atoms with Crippen molar-refractivity contribution in [1.82, 2.24) is 4.90 Å². The number of nitrogen functional groups attached to an aromatic ring is 1. The summed E-state index contributed by atoms with van der Waals surface area (Å²) in [4.78, 5) is 2.41. The zero-order chi connectivity index (χ0) is 13.0. The van der Waals surface area contributed by atoms with Gasteiger partial charge in [-0.05, 0) is 50.4 Å². The molecule has 96 valence electrons. The van der Waals surface area contributed by atoms with E-state index in [0.717, 1.165) is 18.2 Å². The highest BCUT2D eigenvalue weighted by atomic mass is 15.1. The van der Waals surface area contributed by atoms with Crippen molar-refractivity contribution in [3.05, 3.63) is 29.3 Å². The first kappa shape index (κ1) is 14.0. The molecule has 17 heavy (non-hydrogen) atoms. The zero-order valence-electron chi connectivity index (χ0n) is 11.8. The Labute approximate surface area is 106 Å². The van der Waals surface area contributed by atoms with E-state index in [1.807, 2.05) is 6.07 Å². The van der Waals surface area contributed by atoms with Gasteiger partial charge >= 0.3 is 0 Å². The van der Waals surface area contributed by atoms with Crippen LogP contribution >= 0.6 is 0 Å². The van der Waals surface area contributed by atoms with Crippen LogP contribution in [0.4, 0.5) is 5.69 Å². The van der Waals surface area contributed by atoms with Crippen molar-refractivity contribution in [1.29, 1.82) is 0 Å². The Bertz CT molecular complexity index is 358. The summed E-state index contributed by atoms with van der Waals surface area (Å²) in [6.07, 6.45) is 1.24. The normalized spacial score (nSPS) is 13.4. The van der Waals surface area contributed by atoms with Crippen LogP contribution in [0, 0.1) is 12.8 Å². The molecule has 1 rings (SSSR count). The molecule has 0 aliphatic carbocycles. The third-order valence-corrected chi connectivity index (χ3v) is 3.33. The molecule has 0 amide bonds. The highest BCUT2D eigenvalue weighted by Gasteiger charge is 2.11. The van der Waals surface area contributed by atoms with Crippen LogP contribution < -0.4 is 5.73 Å². The predicted octanol–water partition coefficient (Wildman–Crippen LogP) is 3.44. The SMILES string of the molecule is Cc1cc(CN(C)C(C)CC(C)C)ccc1N. The molecule has 2 nitrogen and oxygen atoms in total. The summed E-state index contributed by atoms with van der Waals surface area (Å²) < 4.78 is 0. The number of nitrogens with two attached hydrogens (primary N) is 1. The Hall–Kier alpha value is -1.02. The maximum Gasteiger partial charge on any atom is 0.0343 e. The minimum atomic E-state index is 0.618. The number of benzene rings is 1. The van der Waals surface area contributed by atoms with Crippen LogP contribution in [0.1, 0.15) is 38.3 Å². The van der Waals surface area contributed by atoms with Crippen molar-refractivity contribution in [2.24, 2.45) is 5.92 Å². The standard InChI is InChI=1S/C15H26N2/c1-11(2)8-13(4)17(5)10-14-6-7-15(16)12(3)9-14/h6-7,9,11,13H,8,10,16H2,1-5H3. The first-order valence-corrected chi connectivity index (χ1v) is 6.45. The monoisotopic (exact) mass is 234 g/mol.